The van der Waals surface area contributed by atoms with E-state index >= 15 is 0 Å². The van der Waals surface area contributed by atoms with Gasteiger partial charge in [0.25, 0.3) is 11.8 Å². The number of amides is 6. The third kappa shape index (κ3) is 34.7. The molecule has 8 aromatic heterocycles. The van der Waals surface area contributed by atoms with Gasteiger partial charge in [0, 0.05) is 136 Å². The Morgan fingerprint density at radius 2 is 0.577 bits per heavy atom. The number of imide groups is 1. The number of aromatic nitrogens is 8. The van der Waals surface area contributed by atoms with Crippen LogP contribution in [0.15, 0.2) is 231 Å². The Labute approximate surface area is 766 Å². The molecule has 130 heavy (non-hydrogen) atoms. The lowest BCUT2D eigenvalue weighted by atomic mass is 10.1. The predicted octanol–water partition coefficient (Wildman–Crippen LogP) is 19.0. The molecule has 0 aliphatic carbocycles. The fourth-order valence-electron chi connectivity index (χ4n) is 15.4. The molecule has 0 spiro atoms. The Morgan fingerprint density at radius 1 is 0.308 bits per heavy atom. The van der Waals surface area contributed by atoms with Crippen LogP contribution in [-0.2, 0) is 97.7 Å². The molecule has 11 aromatic rings. The van der Waals surface area contributed by atoms with Crippen LogP contribution in [0.3, 0.4) is 0 Å². The van der Waals surface area contributed by atoms with E-state index in [2.05, 4.69) is 125 Å². The maximum Gasteiger partial charge on any atom is 0.261 e. The van der Waals surface area contributed by atoms with E-state index in [1.54, 1.807) is 36.7 Å². The number of rotatable bonds is 55. The zero-order valence-corrected chi connectivity index (χ0v) is 76.1. The fraction of sp³-hybridized carbons (Fsp3) is 0.385. The summed E-state index contributed by atoms with van der Waals surface area (Å²) in [6, 6.07) is 66.5. The average Bonchev–Trinajstić information content (AvgIpc) is 1.64. The van der Waals surface area contributed by atoms with Crippen molar-refractivity contribution in [2.45, 2.75) is 235 Å². The second-order valence-corrected chi connectivity index (χ2v) is 33.1. The number of ether oxygens (including phenoxy) is 2. The molecule has 0 saturated carbocycles. The molecule has 0 saturated heterocycles. The highest BCUT2D eigenvalue weighted by molar-refractivity contribution is 6.21. The molecule has 12 rings (SSSR count). The summed E-state index contributed by atoms with van der Waals surface area (Å²) in [6.07, 6.45) is 23.7. The van der Waals surface area contributed by atoms with Gasteiger partial charge in [-0.25, -0.2) is 19.9 Å². The number of hydrogen-bond acceptors (Lipinski definition) is 21. The Balaban J connectivity index is 0.000000254. The molecule has 6 amide bonds. The van der Waals surface area contributed by atoms with E-state index in [1.807, 2.05) is 158 Å². The second-order valence-electron chi connectivity index (χ2n) is 33.1. The molecule has 26 nitrogen and oxygen atoms in total. The van der Waals surface area contributed by atoms with E-state index in [9.17, 15) is 28.8 Å². The van der Waals surface area contributed by atoms with Gasteiger partial charge in [0.2, 0.25) is 23.6 Å². The molecule has 1 aliphatic rings. The summed E-state index contributed by atoms with van der Waals surface area (Å²) in [5.74, 6) is 3.04. The van der Waals surface area contributed by atoms with Crippen LogP contribution in [0.5, 0.6) is 11.5 Å². The van der Waals surface area contributed by atoms with Crippen molar-refractivity contribution in [3.05, 3.63) is 310 Å². The molecule has 0 unspecified atom stereocenters. The quantitative estimate of drug-likeness (QED) is 0.0175. The first-order valence-corrected chi connectivity index (χ1v) is 46.3. The van der Waals surface area contributed by atoms with Crippen LogP contribution < -0.4 is 36.5 Å². The number of carbonyl (C=O) groups excluding carboxylic acids is 6. The number of fused-ring (bicyclic) bond motifs is 1. The smallest absolute Gasteiger partial charge is 0.261 e. The largest absolute Gasteiger partial charge is 0.494 e. The van der Waals surface area contributed by atoms with Crippen LogP contribution in [-0.4, -0.2) is 126 Å². The third-order valence-electron chi connectivity index (χ3n) is 21.8. The number of carbonyl (C=O) groups is 6. The van der Waals surface area contributed by atoms with Crippen molar-refractivity contribution in [2.24, 2.45) is 5.73 Å². The molecule has 682 valence electrons. The lowest BCUT2D eigenvalue weighted by molar-refractivity contribution is -0.117. The third-order valence-corrected chi connectivity index (χ3v) is 21.8. The fourth-order valence-corrected chi connectivity index (χ4v) is 15.4. The predicted molar refractivity (Wildman–Crippen MR) is 510 cm³/mol. The number of unbranched alkanes of at least 4 members (excludes halogenated alkanes) is 10. The molecule has 0 atom stereocenters. The van der Waals surface area contributed by atoms with Gasteiger partial charge in [-0.15, -0.1) is 0 Å². The van der Waals surface area contributed by atoms with Crippen molar-refractivity contribution in [3.8, 4) is 11.5 Å². The van der Waals surface area contributed by atoms with Gasteiger partial charge in [0.15, 0.2) is 0 Å². The lowest BCUT2D eigenvalue weighted by Gasteiger charge is -2.25. The number of nitrogens with two attached hydrogens (primary N) is 1. The zero-order chi connectivity index (χ0) is 91.1. The van der Waals surface area contributed by atoms with Gasteiger partial charge in [-0.1, -0.05) is 152 Å². The highest BCUT2D eigenvalue weighted by Gasteiger charge is 2.35. The summed E-state index contributed by atoms with van der Waals surface area (Å²) in [4.78, 5) is 125. The summed E-state index contributed by atoms with van der Waals surface area (Å²) >= 11 is 0. The minimum absolute atomic E-state index is 0.0144. The number of nitrogens with one attached hydrogen (secondary N) is 4. The van der Waals surface area contributed by atoms with Crippen LogP contribution in [0.1, 0.15) is 245 Å². The van der Waals surface area contributed by atoms with Gasteiger partial charge in [-0.05, 0) is 214 Å². The van der Waals surface area contributed by atoms with Crippen molar-refractivity contribution in [1.29, 1.82) is 0 Å². The van der Waals surface area contributed by atoms with Crippen LogP contribution in [0.2, 0.25) is 0 Å². The molecular weight excluding hydrogens is 1630 g/mol. The Bertz CT molecular complexity index is 5000. The van der Waals surface area contributed by atoms with Gasteiger partial charge in [0.1, 0.15) is 34.8 Å². The standard InChI is InChI=1S/C56H65N9O5.C48H63N9O3/c1-3-5-7-27-53(66)61-51-25-17-21-46(59-51)40-63(38-44-19-11-13-29-57-44)36-42-33-43(35-48(34-42)70-32-16-15-31-65-55(68)49-23-9-10-24-50(49)56(65)69)37-64(39-45-20-12-14-30-58-45)41-47-22-18-26-52(60-47)62-54(67)28-8-6-4-2;1-3-5-7-23-47(58)54-45-21-15-19-42(52-45)36-56(34-40-17-9-12-26-50-40)32-38-29-39(31-44(30-38)60-28-14-11-25-49)33-57(35-41-18-10-13-27-51-41)37-43-20-16-22-46(53-43)55-48(59)24-8-6-4-2/h9-14,17-26,29-30,33-35H,3-8,15-16,27-28,31-32,36-41H2,1-2H3,(H,59,61,66)(H,60,62,67);9-10,12-13,15-22,26-27,29-31H,3-8,11,14,23-25,28,32-37,49H2,1-2H3,(H,52,54,58)(H,53,55,59). The number of nitrogens with zero attached hydrogens (tertiary/aromatic N) is 13. The number of benzene rings is 3. The summed E-state index contributed by atoms with van der Waals surface area (Å²) in [7, 11) is 0. The summed E-state index contributed by atoms with van der Waals surface area (Å²) < 4.78 is 12.9. The van der Waals surface area contributed by atoms with Crippen LogP contribution in [0.4, 0.5) is 23.3 Å². The molecule has 1 aliphatic heterocycles. The van der Waals surface area contributed by atoms with E-state index in [0.717, 1.165) is 163 Å². The summed E-state index contributed by atoms with van der Waals surface area (Å²) in [6.45, 7) is 16.9. The van der Waals surface area contributed by atoms with Crippen molar-refractivity contribution in [1.82, 2.24) is 64.4 Å². The van der Waals surface area contributed by atoms with Crippen molar-refractivity contribution in [3.63, 3.8) is 0 Å². The minimum atomic E-state index is -0.257. The van der Waals surface area contributed by atoms with Gasteiger partial charge < -0.3 is 36.5 Å². The summed E-state index contributed by atoms with van der Waals surface area (Å²) in [5.41, 5.74) is 17.9. The van der Waals surface area contributed by atoms with E-state index < -0.39 is 0 Å². The molecule has 0 radical (unpaired) electrons. The SMILES string of the molecule is CCCCCC(=O)Nc1cccc(CN(Cc2cc(CN(Cc3ccccn3)Cc3cccc(NC(=O)CCCCC)n3)cc(OCCCCN)c2)Cc2ccccn2)n1.CCCCCC(=O)Nc1cccc(CN(Cc2cc(CN(Cc3ccccn3)Cc3cccc(NC(=O)CCCCC)n3)cc(OCCCCN3C(=O)c4ccccc4C3=O)c2)Cc2ccccn2)n1. The Morgan fingerprint density at radius 3 is 0.846 bits per heavy atom. The monoisotopic (exact) mass is 1760 g/mol. The highest BCUT2D eigenvalue weighted by atomic mass is 16.5. The first-order valence-electron chi connectivity index (χ1n) is 46.3. The summed E-state index contributed by atoms with van der Waals surface area (Å²) in [5, 5.41) is 12.0. The normalized spacial score (nSPS) is 11.7. The zero-order valence-electron chi connectivity index (χ0n) is 76.1. The number of anilines is 4. The first kappa shape index (κ1) is 97.9. The Hall–Kier alpha value is -12.7. The number of pyridine rings is 8. The van der Waals surface area contributed by atoms with E-state index in [0.29, 0.717) is 184 Å². The van der Waals surface area contributed by atoms with Crippen LogP contribution in [0, 0.1) is 0 Å². The maximum atomic E-state index is 13.0. The molecule has 26 heteroatoms. The van der Waals surface area contributed by atoms with Gasteiger partial charge in [0.05, 0.1) is 69.9 Å². The number of hydrogen-bond donors (Lipinski definition) is 5. The molecule has 6 N–H and O–H groups in total. The van der Waals surface area contributed by atoms with Crippen LogP contribution >= 0.6 is 0 Å². The maximum absolute atomic E-state index is 13.0. The lowest BCUT2D eigenvalue weighted by Crippen LogP contribution is -2.30. The molecule has 9 heterocycles. The Kier molecular flexibility index (Phi) is 41.1. The van der Waals surface area contributed by atoms with Crippen molar-refractivity contribution >= 4 is 58.7 Å². The van der Waals surface area contributed by atoms with Gasteiger partial charge in [-0.3, -0.25) is 73.2 Å². The molecule has 0 bridgehead atoms. The topological polar surface area (TPSA) is 314 Å². The minimum Gasteiger partial charge on any atom is -0.494 e. The van der Waals surface area contributed by atoms with Crippen LogP contribution in [0.25, 0.3) is 0 Å². The van der Waals surface area contributed by atoms with Gasteiger partial charge >= 0.3 is 0 Å². The highest BCUT2D eigenvalue weighted by Crippen LogP contribution is 2.29. The van der Waals surface area contributed by atoms with Crippen molar-refractivity contribution in [2.75, 3.05) is 47.6 Å². The average molecular weight is 1760 g/mol. The van der Waals surface area contributed by atoms with Crippen molar-refractivity contribution < 1.29 is 38.2 Å². The van der Waals surface area contributed by atoms with E-state index in [-0.39, 0.29) is 35.4 Å². The van der Waals surface area contributed by atoms with E-state index in [4.69, 9.17) is 35.1 Å². The molecule has 3 aromatic carbocycles. The molecule has 0 fully saturated rings. The first-order chi connectivity index (χ1) is 63.6. The van der Waals surface area contributed by atoms with E-state index in [1.165, 1.54) is 4.90 Å². The van der Waals surface area contributed by atoms with Gasteiger partial charge in [-0.2, -0.15) is 0 Å². The second kappa shape index (κ2) is 54.6. The molecular formula is C104H128N18O8.